The fourth-order valence-electron chi connectivity index (χ4n) is 2.27. The van der Waals surface area contributed by atoms with Gasteiger partial charge >= 0.3 is 5.82 Å². The van der Waals surface area contributed by atoms with E-state index in [1.165, 1.54) is 6.20 Å². The number of hydrogen-bond acceptors (Lipinski definition) is 5. The molecule has 0 aromatic carbocycles. The van der Waals surface area contributed by atoms with Crippen molar-refractivity contribution < 1.29 is 4.92 Å². The van der Waals surface area contributed by atoms with Crippen LogP contribution in [0.5, 0.6) is 0 Å². The molecule has 2 heterocycles. The van der Waals surface area contributed by atoms with Crippen molar-refractivity contribution in [2.45, 2.75) is 25.3 Å². The van der Waals surface area contributed by atoms with E-state index in [4.69, 9.17) is 0 Å². The Balaban J connectivity index is 2.17. The highest BCUT2D eigenvalue weighted by Crippen LogP contribution is 2.30. The monoisotopic (exact) mass is 250 g/mol. The van der Waals surface area contributed by atoms with E-state index in [-0.39, 0.29) is 11.4 Å². The van der Waals surface area contributed by atoms with Crippen LogP contribution in [0, 0.1) is 10.1 Å². The van der Waals surface area contributed by atoms with Gasteiger partial charge in [-0.1, -0.05) is 0 Å². The number of anilines is 1. The molecule has 0 spiro atoms. The third-order valence-corrected chi connectivity index (χ3v) is 3.75. The molecule has 2 rings (SSSR count). The number of rotatable bonds is 3. The minimum atomic E-state index is -0.415. The zero-order valence-electron chi connectivity index (χ0n) is 10.7. The van der Waals surface area contributed by atoms with Crippen LogP contribution in [0.2, 0.25) is 0 Å². The molecule has 0 unspecified atom stereocenters. The minimum absolute atomic E-state index is 0.0504. The van der Waals surface area contributed by atoms with Crippen LogP contribution in [-0.4, -0.2) is 35.6 Å². The van der Waals surface area contributed by atoms with E-state index in [2.05, 4.69) is 17.2 Å². The van der Waals surface area contributed by atoms with Crippen LogP contribution >= 0.6 is 0 Å². The van der Waals surface area contributed by atoms with Gasteiger partial charge in [0.2, 0.25) is 0 Å². The van der Waals surface area contributed by atoms with Gasteiger partial charge in [0.05, 0.1) is 0 Å². The van der Waals surface area contributed by atoms with E-state index in [0.717, 1.165) is 25.9 Å². The third kappa shape index (κ3) is 2.43. The normalized spacial score (nSPS) is 18.7. The van der Waals surface area contributed by atoms with Gasteiger partial charge in [0.25, 0.3) is 0 Å². The molecule has 1 N–H and O–H groups in total. The summed E-state index contributed by atoms with van der Waals surface area (Å²) >= 11 is 0. The van der Waals surface area contributed by atoms with Crippen LogP contribution in [0.15, 0.2) is 18.3 Å². The lowest BCUT2D eigenvalue weighted by Gasteiger charge is -2.39. The van der Waals surface area contributed by atoms with Crippen molar-refractivity contribution in [3.63, 3.8) is 0 Å². The first-order valence-electron chi connectivity index (χ1n) is 6.09. The van der Waals surface area contributed by atoms with Crippen molar-refractivity contribution in [3.8, 4) is 0 Å². The molecule has 0 atom stereocenters. The van der Waals surface area contributed by atoms with E-state index in [0.29, 0.717) is 5.69 Å². The van der Waals surface area contributed by atoms with Gasteiger partial charge in [-0.15, -0.1) is 0 Å². The maximum atomic E-state index is 11.0. The first-order chi connectivity index (χ1) is 8.56. The highest BCUT2D eigenvalue weighted by atomic mass is 16.6. The number of nitrogens with zero attached hydrogens (tertiary/aromatic N) is 3. The molecule has 18 heavy (non-hydrogen) atoms. The molecule has 0 aliphatic carbocycles. The minimum Gasteiger partial charge on any atom is -0.365 e. The molecule has 1 saturated heterocycles. The fourth-order valence-corrected chi connectivity index (χ4v) is 2.27. The summed E-state index contributed by atoms with van der Waals surface area (Å²) in [4.78, 5) is 16.4. The summed E-state index contributed by atoms with van der Waals surface area (Å²) in [5.74, 6) is -0.0504. The molecule has 0 radical (unpaired) electrons. The smallest absolute Gasteiger partial charge is 0.365 e. The van der Waals surface area contributed by atoms with Crippen molar-refractivity contribution in [2.24, 2.45) is 0 Å². The molecule has 0 amide bonds. The molecular weight excluding hydrogens is 232 g/mol. The first kappa shape index (κ1) is 12.8. The summed E-state index contributed by atoms with van der Waals surface area (Å²) in [6.45, 7) is 3.80. The Labute approximate surface area is 106 Å². The molecule has 1 aromatic rings. The maximum absolute atomic E-state index is 11.0. The second-order valence-electron chi connectivity index (χ2n) is 4.90. The number of aromatic nitrogens is 1. The number of piperidine rings is 1. The van der Waals surface area contributed by atoms with Crippen LogP contribution in [0.4, 0.5) is 11.5 Å². The highest BCUT2D eigenvalue weighted by Gasteiger charge is 2.31. The maximum Gasteiger partial charge on any atom is 0.387 e. The van der Waals surface area contributed by atoms with E-state index >= 15 is 0 Å². The van der Waals surface area contributed by atoms with Crippen LogP contribution in [0.25, 0.3) is 0 Å². The number of hydrogen-bond donors (Lipinski definition) is 1. The van der Waals surface area contributed by atoms with Crippen LogP contribution in [0.3, 0.4) is 0 Å². The van der Waals surface area contributed by atoms with Gasteiger partial charge in [-0.2, -0.15) is 0 Å². The van der Waals surface area contributed by atoms with E-state index in [1.54, 1.807) is 12.1 Å². The Bertz CT molecular complexity index is 441. The van der Waals surface area contributed by atoms with Crippen LogP contribution in [-0.2, 0) is 0 Å². The Hall–Kier alpha value is -1.69. The molecular formula is C12H18N4O2. The summed E-state index contributed by atoms with van der Waals surface area (Å²) in [6.07, 6.45) is 3.40. The molecule has 1 fully saturated rings. The van der Waals surface area contributed by atoms with Crippen molar-refractivity contribution >= 4 is 11.5 Å². The van der Waals surface area contributed by atoms with Gasteiger partial charge in [0.15, 0.2) is 0 Å². The number of pyridine rings is 1. The Morgan fingerprint density at radius 2 is 2.17 bits per heavy atom. The first-order valence-corrected chi connectivity index (χ1v) is 6.09. The molecule has 0 bridgehead atoms. The summed E-state index contributed by atoms with van der Waals surface area (Å²) in [7, 11) is 1.96. The lowest BCUT2D eigenvalue weighted by Crippen LogP contribution is -2.50. The Morgan fingerprint density at radius 1 is 1.50 bits per heavy atom. The summed E-state index contributed by atoms with van der Waals surface area (Å²) in [5.41, 5.74) is 0.758. The quantitative estimate of drug-likeness (QED) is 0.651. The molecule has 6 heteroatoms. The van der Waals surface area contributed by atoms with E-state index in [1.807, 2.05) is 11.9 Å². The SMILES string of the molecule is CNC1(C)CCN(c2cccnc2[N+](=O)[O-])CC1. The fraction of sp³-hybridized carbons (Fsp3) is 0.583. The zero-order valence-corrected chi connectivity index (χ0v) is 10.7. The molecule has 98 valence electrons. The van der Waals surface area contributed by atoms with Crippen molar-refractivity contribution in [1.82, 2.24) is 10.3 Å². The average molecular weight is 250 g/mol. The van der Waals surface area contributed by atoms with Gasteiger partial charge in [-0.25, -0.2) is 0 Å². The van der Waals surface area contributed by atoms with Gasteiger partial charge in [0.1, 0.15) is 11.9 Å². The van der Waals surface area contributed by atoms with Crippen LogP contribution in [0.1, 0.15) is 19.8 Å². The van der Waals surface area contributed by atoms with Crippen LogP contribution < -0.4 is 10.2 Å². The summed E-state index contributed by atoms with van der Waals surface area (Å²) in [6, 6.07) is 3.52. The standard InChI is InChI=1S/C12H18N4O2/c1-12(13-2)5-8-15(9-6-12)10-4-3-7-14-11(10)16(17)18/h3-4,7,13H,5-6,8-9H2,1-2H3. The molecule has 0 saturated carbocycles. The van der Waals surface area contributed by atoms with Gasteiger partial charge in [-0.05, 0) is 48.9 Å². The summed E-state index contributed by atoms with van der Waals surface area (Å²) in [5, 5.41) is 14.3. The van der Waals surface area contributed by atoms with E-state index < -0.39 is 4.92 Å². The van der Waals surface area contributed by atoms with Crippen molar-refractivity contribution in [1.29, 1.82) is 0 Å². The van der Waals surface area contributed by atoms with Gasteiger partial charge < -0.3 is 20.3 Å². The topological polar surface area (TPSA) is 71.3 Å². The number of nitro groups is 1. The summed E-state index contributed by atoms with van der Waals surface area (Å²) < 4.78 is 0. The lowest BCUT2D eigenvalue weighted by molar-refractivity contribution is -0.388. The molecule has 1 aliphatic rings. The van der Waals surface area contributed by atoms with Crippen molar-refractivity contribution in [3.05, 3.63) is 28.4 Å². The number of nitrogens with one attached hydrogen (secondary N) is 1. The zero-order chi connectivity index (χ0) is 13.2. The largest absolute Gasteiger partial charge is 0.387 e. The predicted octanol–water partition coefficient (Wildman–Crippen LogP) is 1.57. The Kier molecular flexibility index (Phi) is 3.47. The highest BCUT2D eigenvalue weighted by molar-refractivity contribution is 5.59. The Morgan fingerprint density at radius 3 is 2.72 bits per heavy atom. The molecule has 1 aliphatic heterocycles. The molecule has 1 aromatic heterocycles. The lowest BCUT2D eigenvalue weighted by atomic mass is 9.90. The van der Waals surface area contributed by atoms with Gasteiger partial charge in [-0.3, -0.25) is 0 Å². The van der Waals surface area contributed by atoms with Crippen molar-refractivity contribution in [2.75, 3.05) is 25.0 Å². The average Bonchev–Trinajstić information content (AvgIpc) is 2.39. The molecule has 6 nitrogen and oxygen atoms in total. The van der Waals surface area contributed by atoms with Gasteiger partial charge in [0, 0.05) is 18.6 Å². The second-order valence-corrected chi connectivity index (χ2v) is 4.90. The third-order valence-electron chi connectivity index (χ3n) is 3.75. The van der Waals surface area contributed by atoms with E-state index in [9.17, 15) is 10.1 Å². The second kappa shape index (κ2) is 4.89. The predicted molar refractivity (Wildman–Crippen MR) is 69.8 cm³/mol.